The highest BCUT2D eigenvalue weighted by Gasteiger charge is 2.58. The van der Waals surface area contributed by atoms with Gasteiger partial charge in [0, 0.05) is 6.26 Å². The number of sulfone groups is 1. The van der Waals surface area contributed by atoms with Gasteiger partial charge < -0.3 is 5.11 Å². The third kappa shape index (κ3) is 3.15. The van der Waals surface area contributed by atoms with E-state index in [0.717, 1.165) is 36.2 Å². The Morgan fingerprint density at radius 3 is 2.57 bits per heavy atom. The number of phenolic OH excluding ortho intramolecular Hbond substituents is 1. The van der Waals surface area contributed by atoms with Gasteiger partial charge in [-0.05, 0) is 116 Å². The topological polar surface area (TPSA) is 54.4 Å². The van der Waals surface area contributed by atoms with Gasteiger partial charge in [-0.25, -0.2) is 8.42 Å². The van der Waals surface area contributed by atoms with Crippen LogP contribution in [0.3, 0.4) is 0 Å². The van der Waals surface area contributed by atoms with Crippen LogP contribution in [0.2, 0.25) is 0 Å². The molecule has 1 aromatic rings. The highest BCUT2D eigenvalue weighted by atomic mass is 32.2. The van der Waals surface area contributed by atoms with E-state index in [2.05, 4.69) is 13.8 Å². The van der Waals surface area contributed by atoms with Gasteiger partial charge in [-0.15, -0.1) is 0 Å². The molecule has 4 fully saturated rings. The van der Waals surface area contributed by atoms with Gasteiger partial charge in [0.15, 0.2) is 9.84 Å². The molecule has 5 rings (SSSR count). The minimum Gasteiger partial charge on any atom is -0.508 e. The molecular formula is C26H38O3S. The monoisotopic (exact) mass is 430 g/mol. The van der Waals surface area contributed by atoms with E-state index in [1.54, 1.807) is 12.1 Å². The van der Waals surface area contributed by atoms with Crippen molar-refractivity contribution < 1.29 is 13.5 Å². The molecule has 4 saturated carbocycles. The highest BCUT2D eigenvalue weighted by Crippen LogP contribution is 2.68. The number of rotatable bonds is 2. The fourth-order valence-corrected chi connectivity index (χ4v) is 9.75. The van der Waals surface area contributed by atoms with E-state index in [-0.39, 0.29) is 11.7 Å². The summed E-state index contributed by atoms with van der Waals surface area (Å²) in [7, 11) is -3.30. The van der Waals surface area contributed by atoms with Crippen LogP contribution in [0.4, 0.5) is 0 Å². The van der Waals surface area contributed by atoms with E-state index in [0.29, 0.717) is 21.6 Å². The Kier molecular flexibility index (Phi) is 4.85. The van der Waals surface area contributed by atoms with E-state index in [1.165, 1.54) is 63.7 Å². The molecule has 0 bridgehead atoms. The van der Waals surface area contributed by atoms with E-state index in [9.17, 15) is 13.5 Å². The summed E-state index contributed by atoms with van der Waals surface area (Å²) in [4.78, 5) is 0.423. The normalized spacial score (nSPS) is 43.5. The van der Waals surface area contributed by atoms with Crippen molar-refractivity contribution in [2.45, 2.75) is 88.9 Å². The summed E-state index contributed by atoms with van der Waals surface area (Å²) in [5, 5.41) is 10.1. The highest BCUT2D eigenvalue weighted by molar-refractivity contribution is 7.90. The molecule has 2 unspecified atom stereocenters. The molecule has 0 heterocycles. The van der Waals surface area contributed by atoms with Crippen LogP contribution in [0, 0.1) is 34.5 Å². The fourth-order valence-electron chi connectivity index (χ4n) is 8.78. The Morgan fingerprint density at radius 1 is 1.00 bits per heavy atom. The summed E-state index contributed by atoms with van der Waals surface area (Å²) >= 11 is 0. The van der Waals surface area contributed by atoms with Gasteiger partial charge in [0.25, 0.3) is 0 Å². The maximum absolute atomic E-state index is 12.5. The summed E-state index contributed by atoms with van der Waals surface area (Å²) in [6.07, 6.45) is 14.5. The van der Waals surface area contributed by atoms with Crippen molar-refractivity contribution in [1.29, 1.82) is 0 Å². The SMILES string of the molecule is C[C@]12CC[C@@H]3[C@@H](CCC4CCCC[C@@]43C)[C@@H]1CC(c1cc(O)ccc1S(C)(=O)=O)C2. The van der Waals surface area contributed by atoms with Crippen molar-refractivity contribution >= 4 is 9.84 Å². The number of benzene rings is 1. The Morgan fingerprint density at radius 2 is 1.80 bits per heavy atom. The van der Waals surface area contributed by atoms with E-state index < -0.39 is 9.84 Å². The zero-order valence-electron chi connectivity index (χ0n) is 18.9. The molecule has 0 aromatic heterocycles. The smallest absolute Gasteiger partial charge is 0.175 e. The van der Waals surface area contributed by atoms with Crippen LogP contribution in [0.15, 0.2) is 23.1 Å². The Bertz CT molecular complexity index is 938. The molecule has 0 radical (unpaired) electrons. The van der Waals surface area contributed by atoms with Crippen LogP contribution < -0.4 is 0 Å². The predicted octanol–water partition coefficient (Wildman–Crippen LogP) is 6.31. The molecular weight excluding hydrogens is 392 g/mol. The maximum atomic E-state index is 12.5. The molecule has 4 heteroatoms. The molecule has 4 aliphatic rings. The molecule has 1 aromatic carbocycles. The Labute approximate surface area is 182 Å². The van der Waals surface area contributed by atoms with Gasteiger partial charge in [0.1, 0.15) is 5.75 Å². The lowest BCUT2D eigenvalue weighted by atomic mass is 9.45. The molecule has 1 N–H and O–H groups in total. The number of fused-ring (bicyclic) bond motifs is 5. The first-order valence-electron chi connectivity index (χ1n) is 12.1. The van der Waals surface area contributed by atoms with Crippen LogP contribution in [0.1, 0.15) is 89.5 Å². The average molecular weight is 431 g/mol. The summed E-state index contributed by atoms with van der Waals surface area (Å²) in [5.41, 5.74) is 1.70. The fraction of sp³-hybridized carbons (Fsp3) is 0.769. The Hall–Kier alpha value is -1.03. The quantitative estimate of drug-likeness (QED) is 0.598. The molecule has 7 atom stereocenters. The minimum atomic E-state index is -3.30. The lowest BCUT2D eigenvalue weighted by molar-refractivity contribution is -0.103. The number of aromatic hydroxyl groups is 1. The summed E-state index contributed by atoms with van der Waals surface area (Å²) < 4.78 is 24.9. The largest absolute Gasteiger partial charge is 0.508 e. The molecule has 0 amide bonds. The van der Waals surface area contributed by atoms with Crippen LogP contribution in [0.5, 0.6) is 5.75 Å². The van der Waals surface area contributed by atoms with Crippen molar-refractivity contribution in [3.05, 3.63) is 23.8 Å². The lowest BCUT2D eigenvalue weighted by Crippen LogP contribution is -2.51. The number of hydrogen-bond donors (Lipinski definition) is 1. The standard InChI is InChI=1S/C26H38O3S/c1-25-13-11-22-20(9-7-18-6-4-5-12-26(18,22)2)23(25)14-17(16-25)21-15-19(27)8-10-24(21)30(3,28)29/h8,10,15,17-18,20,22-23,27H,4-7,9,11-14,16H2,1-3H3/t17?,18?,20-,22-,23+,25-,26+/m1/s1. The molecule has 30 heavy (non-hydrogen) atoms. The van der Waals surface area contributed by atoms with Gasteiger partial charge in [-0.1, -0.05) is 26.7 Å². The zero-order valence-corrected chi connectivity index (χ0v) is 19.7. The van der Waals surface area contributed by atoms with E-state index >= 15 is 0 Å². The van der Waals surface area contributed by atoms with Crippen molar-refractivity contribution in [2.24, 2.45) is 34.5 Å². The summed E-state index contributed by atoms with van der Waals surface area (Å²) in [6, 6.07) is 4.87. The second kappa shape index (κ2) is 6.98. The van der Waals surface area contributed by atoms with Crippen LogP contribution in [-0.2, 0) is 9.84 Å². The third-order valence-corrected chi connectivity index (χ3v) is 11.4. The van der Waals surface area contributed by atoms with E-state index in [1.807, 2.05) is 0 Å². The lowest BCUT2D eigenvalue weighted by Gasteiger charge is -2.60. The molecule has 3 nitrogen and oxygen atoms in total. The first-order valence-corrected chi connectivity index (χ1v) is 14.0. The molecule has 4 aliphatic carbocycles. The van der Waals surface area contributed by atoms with Gasteiger partial charge in [-0.3, -0.25) is 0 Å². The first-order chi connectivity index (χ1) is 14.1. The zero-order chi connectivity index (χ0) is 21.3. The van der Waals surface area contributed by atoms with Gasteiger partial charge >= 0.3 is 0 Å². The molecule has 0 spiro atoms. The third-order valence-electron chi connectivity index (χ3n) is 10.2. The number of hydrogen-bond acceptors (Lipinski definition) is 3. The van der Waals surface area contributed by atoms with Crippen LogP contribution in [0.25, 0.3) is 0 Å². The van der Waals surface area contributed by atoms with Gasteiger partial charge in [-0.2, -0.15) is 0 Å². The maximum Gasteiger partial charge on any atom is 0.175 e. The van der Waals surface area contributed by atoms with Gasteiger partial charge in [0.05, 0.1) is 4.90 Å². The predicted molar refractivity (Wildman–Crippen MR) is 120 cm³/mol. The van der Waals surface area contributed by atoms with Crippen LogP contribution in [-0.4, -0.2) is 19.8 Å². The van der Waals surface area contributed by atoms with Crippen molar-refractivity contribution in [3.8, 4) is 5.75 Å². The average Bonchev–Trinajstić information content (AvgIpc) is 3.04. The van der Waals surface area contributed by atoms with E-state index in [4.69, 9.17) is 0 Å². The second-order valence-corrected chi connectivity index (χ2v) is 13.7. The summed E-state index contributed by atoms with van der Waals surface area (Å²) in [6.45, 7) is 5.09. The van der Waals surface area contributed by atoms with Crippen molar-refractivity contribution in [2.75, 3.05) is 6.26 Å². The molecule has 0 saturated heterocycles. The minimum absolute atomic E-state index is 0.186. The second-order valence-electron chi connectivity index (χ2n) is 11.7. The first kappa shape index (κ1) is 20.8. The van der Waals surface area contributed by atoms with Gasteiger partial charge in [0.2, 0.25) is 0 Å². The molecule has 0 aliphatic heterocycles. The van der Waals surface area contributed by atoms with Crippen LogP contribution >= 0.6 is 0 Å². The van der Waals surface area contributed by atoms with Crippen molar-refractivity contribution in [3.63, 3.8) is 0 Å². The van der Waals surface area contributed by atoms with Crippen molar-refractivity contribution in [1.82, 2.24) is 0 Å². The number of phenols is 1. The Balaban J connectivity index is 1.48. The summed E-state index contributed by atoms with van der Waals surface area (Å²) in [5.74, 6) is 3.70. The molecule has 166 valence electrons.